The van der Waals surface area contributed by atoms with Gasteiger partial charge in [-0.3, -0.25) is 4.79 Å². The van der Waals surface area contributed by atoms with E-state index in [2.05, 4.69) is 4.90 Å². The van der Waals surface area contributed by atoms with Gasteiger partial charge in [0.15, 0.2) is 0 Å². The summed E-state index contributed by atoms with van der Waals surface area (Å²) in [6.45, 7) is 1.58. The molecule has 0 radical (unpaired) electrons. The molecule has 17 heavy (non-hydrogen) atoms. The van der Waals surface area contributed by atoms with Crippen molar-refractivity contribution < 1.29 is 15.0 Å². The minimum absolute atomic E-state index is 0.584. The fourth-order valence-electron chi connectivity index (χ4n) is 3.07. The molecule has 2 aliphatic heterocycles. The summed E-state index contributed by atoms with van der Waals surface area (Å²) >= 11 is 1.79. The molecule has 0 aromatic heterocycles. The molecule has 4 nitrogen and oxygen atoms in total. The maximum atomic E-state index is 11.7. The van der Waals surface area contributed by atoms with Crippen LogP contribution in [0.5, 0.6) is 0 Å². The smallest absolute Gasteiger partial charge is 0.312 e. The number of thioether (sulfide) groups is 1. The Morgan fingerprint density at radius 1 is 1.18 bits per heavy atom. The van der Waals surface area contributed by atoms with E-state index in [-0.39, 0.29) is 0 Å². The van der Waals surface area contributed by atoms with E-state index in [9.17, 15) is 15.0 Å². The van der Waals surface area contributed by atoms with Crippen LogP contribution in [0.2, 0.25) is 0 Å². The van der Waals surface area contributed by atoms with E-state index in [1.165, 1.54) is 0 Å². The van der Waals surface area contributed by atoms with Crippen LogP contribution in [-0.2, 0) is 4.79 Å². The van der Waals surface area contributed by atoms with E-state index in [1.807, 2.05) is 7.05 Å². The third-order valence-electron chi connectivity index (χ3n) is 4.46. The third-order valence-corrected chi connectivity index (χ3v) is 5.45. The summed E-state index contributed by atoms with van der Waals surface area (Å²) < 4.78 is 0. The zero-order chi connectivity index (χ0) is 12.5. The van der Waals surface area contributed by atoms with E-state index in [0.29, 0.717) is 25.7 Å². The van der Waals surface area contributed by atoms with Crippen LogP contribution in [0.4, 0.5) is 0 Å². The number of likely N-dealkylation sites (tertiary alicyclic amines) is 1. The number of hydrogen-bond acceptors (Lipinski definition) is 4. The predicted octanol–water partition coefficient (Wildman–Crippen LogP) is 1.04. The van der Waals surface area contributed by atoms with Crippen LogP contribution in [0.3, 0.4) is 0 Å². The van der Waals surface area contributed by atoms with E-state index < -0.39 is 17.0 Å². The summed E-state index contributed by atoms with van der Waals surface area (Å²) in [6.07, 6.45) is 2.38. The molecule has 0 aromatic carbocycles. The van der Waals surface area contributed by atoms with Gasteiger partial charge in [0.05, 0.1) is 11.0 Å². The highest BCUT2D eigenvalue weighted by atomic mass is 32.2. The maximum absolute atomic E-state index is 11.7. The van der Waals surface area contributed by atoms with Gasteiger partial charge in [0.25, 0.3) is 0 Å². The predicted molar refractivity (Wildman–Crippen MR) is 68.3 cm³/mol. The quantitative estimate of drug-likeness (QED) is 0.776. The van der Waals surface area contributed by atoms with Crippen molar-refractivity contribution in [2.75, 3.05) is 31.6 Å². The van der Waals surface area contributed by atoms with Crippen molar-refractivity contribution >= 4 is 17.7 Å². The lowest BCUT2D eigenvalue weighted by Gasteiger charge is -2.49. The summed E-state index contributed by atoms with van der Waals surface area (Å²) in [5.74, 6) is 0.902. The molecule has 0 aromatic rings. The minimum atomic E-state index is -1.01. The first kappa shape index (κ1) is 13.2. The summed E-state index contributed by atoms with van der Waals surface area (Å²) in [7, 11) is 2.02. The Balaban J connectivity index is 2.23. The SMILES string of the molecule is CN1CCC(O)(C2(C(=O)O)CCSCC2)CC1. The van der Waals surface area contributed by atoms with Crippen LogP contribution in [-0.4, -0.2) is 58.3 Å². The number of piperidine rings is 1. The van der Waals surface area contributed by atoms with E-state index in [0.717, 1.165) is 24.6 Å². The lowest BCUT2D eigenvalue weighted by atomic mass is 9.63. The van der Waals surface area contributed by atoms with Gasteiger partial charge in [-0.2, -0.15) is 11.8 Å². The molecule has 2 N–H and O–H groups in total. The summed E-state index contributed by atoms with van der Waals surface area (Å²) in [4.78, 5) is 13.8. The molecular formula is C12H21NO3S. The second-order valence-corrected chi connectivity index (χ2v) is 6.56. The lowest BCUT2D eigenvalue weighted by molar-refractivity contribution is -0.178. The van der Waals surface area contributed by atoms with Crippen LogP contribution >= 0.6 is 11.8 Å². The molecule has 0 bridgehead atoms. The molecule has 2 saturated heterocycles. The van der Waals surface area contributed by atoms with Gasteiger partial charge in [0, 0.05) is 13.1 Å². The van der Waals surface area contributed by atoms with E-state index in [4.69, 9.17) is 0 Å². The highest BCUT2D eigenvalue weighted by Gasteiger charge is 2.56. The third kappa shape index (κ3) is 2.20. The van der Waals surface area contributed by atoms with Gasteiger partial charge in [-0.25, -0.2) is 0 Å². The molecule has 0 atom stereocenters. The van der Waals surface area contributed by atoms with Crippen molar-refractivity contribution in [1.29, 1.82) is 0 Å². The monoisotopic (exact) mass is 259 g/mol. The highest BCUT2D eigenvalue weighted by molar-refractivity contribution is 7.99. The normalized spacial score (nSPS) is 28.8. The number of aliphatic carboxylic acids is 1. The zero-order valence-corrected chi connectivity index (χ0v) is 11.1. The summed E-state index contributed by atoms with van der Waals surface area (Å²) in [5.41, 5.74) is -1.91. The second-order valence-electron chi connectivity index (χ2n) is 5.33. The molecule has 5 heteroatoms. The maximum Gasteiger partial charge on any atom is 0.312 e. The molecule has 0 amide bonds. The van der Waals surface area contributed by atoms with Crippen LogP contribution in [0.25, 0.3) is 0 Å². The van der Waals surface area contributed by atoms with Gasteiger partial charge < -0.3 is 15.1 Å². The number of carbonyl (C=O) groups is 1. The van der Waals surface area contributed by atoms with Crippen molar-refractivity contribution in [3.63, 3.8) is 0 Å². The molecule has 0 aliphatic carbocycles. The van der Waals surface area contributed by atoms with E-state index in [1.54, 1.807) is 11.8 Å². The molecule has 2 fully saturated rings. The molecule has 2 rings (SSSR count). The van der Waals surface area contributed by atoms with Gasteiger partial charge in [0.1, 0.15) is 0 Å². The Labute approximate surface area is 106 Å². The van der Waals surface area contributed by atoms with Crippen molar-refractivity contribution in [1.82, 2.24) is 4.90 Å². The molecule has 0 unspecified atom stereocenters. The number of aliphatic hydroxyl groups is 1. The Bertz CT molecular complexity index is 294. The summed E-state index contributed by atoms with van der Waals surface area (Å²) in [6, 6.07) is 0. The van der Waals surface area contributed by atoms with Gasteiger partial charge >= 0.3 is 5.97 Å². The number of carboxylic acid groups (broad SMARTS) is 1. The minimum Gasteiger partial charge on any atom is -0.481 e. The number of nitrogens with zero attached hydrogens (tertiary/aromatic N) is 1. The van der Waals surface area contributed by atoms with Crippen LogP contribution in [0.1, 0.15) is 25.7 Å². The van der Waals surface area contributed by atoms with Gasteiger partial charge in [-0.15, -0.1) is 0 Å². The average molecular weight is 259 g/mol. The van der Waals surface area contributed by atoms with Crippen molar-refractivity contribution in [3.8, 4) is 0 Å². The van der Waals surface area contributed by atoms with Crippen molar-refractivity contribution in [3.05, 3.63) is 0 Å². The molecule has 98 valence electrons. The highest BCUT2D eigenvalue weighted by Crippen LogP contribution is 2.48. The Kier molecular flexibility index (Phi) is 3.71. The number of carboxylic acids is 1. The van der Waals surface area contributed by atoms with Crippen LogP contribution < -0.4 is 0 Å². The average Bonchev–Trinajstić information content (AvgIpc) is 2.34. The first-order valence-electron chi connectivity index (χ1n) is 6.22. The first-order valence-corrected chi connectivity index (χ1v) is 7.38. The van der Waals surface area contributed by atoms with E-state index >= 15 is 0 Å². The molecule has 2 heterocycles. The lowest BCUT2D eigenvalue weighted by Crippen LogP contribution is -2.59. The number of rotatable bonds is 2. The Morgan fingerprint density at radius 2 is 1.71 bits per heavy atom. The second kappa shape index (κ2) is 4.78. The topological polar surface area (TPSA) is 60.8 Å². The molecule has 0 spiro atoms. The Morgan fingerprint density at radius 3 is 2.18 bits per heavy atom. The fourth-order valence-corrected chi connectivity index (χ4v) is 4.25. The van der Waals surface area contributed by atoms with Gasteiger partial charge in [0.2, 0.25) is 0 Å². The molecular weight excluding hydrogens is 238 g/mol. The summed E-state index contributed by atoms with van der Waals surface area (Å²) in [5, 5.41) is 20.4. The van der Waals surface area contributed by atoms with Gasteiger partial charge in [-0.1, -0.05) is 0 Å². The number of hydrogen-bond donors (Lipinski definition) is 2. The van der Waals surface area contributed by atoms with Crippen molar-refractivity contribution in [2.45, 2.75) is 31.3 Å². The fraction of sp³-hybridized carbons (Fsp3) is 0.917. The van der Waals surface area contributed by atoms with Crippen LogP contribution in [0, 0.1) is 5.41 Å². The zero-order valence-electron chi connectivity index (χ0n) is 10.3. The molecule has 2 aliphatic rings. The Hall–Kier alpha value is -0.260. The van der Waals surface area contributed by atoms with Gasteiger partial charge in [-0.05, 0) is 44.2 Å². The molecule has 0 saturated carbocycles. The van der Waals surface area contributed by atoms with Crippen LogP contribution in [0.15, 0.2) is 0 Å². The van der Waals surface area contributed by atoms with Crippen molar-refractivity contribution in [2.24, 2.45) is 5.41 Å². The largest absolute Gasteiger partial charge is 0.481 e. The first-order chi connectivity index (χ1) is 8.00. The standard InChI is InChI=1S/C12H21NO3S/c1-13-6-2-12(16,3-7-13)11(10(14)15)4-8-17-9-5-11/h16H,2-9H2,1H3,(H,14,15).